The van der Waals surface area contributed by atoms with Crippen LogP contribution < -0.4 is 0 Å². The summed E-state index contributed by atoms with van der Waals surface area (Å²) in [6.45, 7) is 5.11. The first-order valence-electron chi connectivity index (χ1n) is 5.61. The van der Waals surface area contributed by atoms with Crippen LogP contribution in [0.25, 0.3) is 0 Å². The largest absolute Gasteiger partial charge is 0.466 e. The zero-order valence-electron chi connectivity index (χ0n) is 10.2. The number of carbonyl (C=O) groups is 1. The van der Waals surface area contributed by atoms with Crippen LogP contribution in [0.1, 0.15) is 19.8 Å². The van der Waals surface area contributed by atoms with E-state index in [9.17, 15) is 4.79 Å². The second kappa shape index (κ2) is 12.4. The normalized spacial score (nSPS) is 10.4. The maximum atomic E-state index is 10.9. The van der Waals surface area contributed by atoms with Gasteiger partial charge >= 0.3 is 5.97 Å². The molecule has 0 aromatic carbocycles. The van der Waals surface area contributed by atoms with Crippen molar-refractivity contribution in [1.82, 2.24) is 0 Å². The Morgan fingerprint density at radius 2 is 1.69 bits per heavy atom. The highest BCUT2D eigenvalue weighted by atomic mass is 16.5. The van der Waals surface area contributed by atoms with Crippen molar-refractivity contribution in [2.24, 2.45) is 0 Å². The van der Waals surface area contributed by atoms with E-state index >= 15 is 0 Å². The molecule has 0 radical (unpaired) electrons. The van der Waals surface area contributed by atoms with E-state index in [1.54, 1.807) is 14.0 Å². The maximum Gasteiger partial charge on any atom is 0.308 e. The SMILES string of the molecule is CCOC(=O)CCOCCCOCCOC. The monoisotopic (exact) mass is 234 g/mol. The first kappa shape index (κ1) is 15.3. The quantitative estimate of drug-likeness (QED) is 0.394. The van der Waals surface area contributed by atoms with Crippen molar-refractivity contribution in [2.45, 2.75) is 19.8 Å². The average molecular weight is 234 g/mol. The topological polar surface area (TPSA) is 54.0 Å². The van der Waals surface area contributed by atoms with Gasteiger partial charge in [0.1, 0.15) is 0 Å². The van der Waals surface area contributed by atoms with Crippen molar-refractivity contribution in [2.75, 3.05) is 46.8 Å². The molecule has 0 aliphatic heterocycles. The van der Waals surface area contributed by atoms with Crippen LogP contribution in [0.4, 0.5) is 0 Å². The summed E-state index contributed by atoms with van der Waals surface area (Å²) in [5, 5.41) is 0. The van der Waals surface area contributed by atoms with E-state index in [1.807, 2.05) is 0 Å². The third-order valence-corrected chi connectivity index (χ3v) is 1.76. The Bertz CT molecular complexity index is 160. The van der Waals surface area contributed by atoms with Crippen molar-refractivity contribution < 1.29 is 23.7 Å². The van der Waals surface area contributed by atoms with Crippen LogP contribution in [0.2, 0.25) is 0 Å². The molecule has 0 aromatic rings. The molecule has 0 atom stereocenters. The summed E-state index contributed by atoms with van der Waals surface area (Å²) in [6, 6.07) is 0. The predicted octanol–water partition coefficient (Wildman–Crippen LogP) is 1.01. The lowest BCUT2D eigenvalue weighted by Gasteiger charge is -2.05. The number of ether oxygens (including phenoxy) is 4. The standard InChI is InChI=1S/C11H22O5/c1-3-16-11(12)5-8-14-6-4-7-15-10-9-13-2/h3-10H2,1-2H3. The number of hydrogen-bond acceptors (Lipinski definition) is 5. The molecule has 0 rings (SSSR count). The number of methoxy groups -OCH3 is 1. The molecule has 16 heavy (non-hydrogen) atoms. The van der Waals surface area contributed by atoms with E-state index in [0.717, 1.165) is 6.42 Å². The number of esters is 1. The van der Waals surface area contributed by atoms with Gasteiger partial charge in [-0.25, -0.2) is 0 Å². The summed E-state index contributed by atoms with van der Waals surface area (Å²) in [4.78, 5) is 10.9. The molecule has 0 aliphatic rings. The van der Waals surface area contributed by atoms with Gasteiger partial charge in [0, 0.05) is 20.3 Å². The smallest absolute Gasteiger partial charge is 0.308 e. The van der Waals surface area contributed by atoms with Gasteiger partial charge in [-0.3, -0.25) is 4.79 Å². The molecular weight excluding hydrogens is 212 g/mol. The molecule has 0 bridgehead atoms. The zero-order valence-corrected chi connectivity index (χ0v) is 10.2. The highest BCUT2D eigenvalue weighted by molar-refractivity contribution is 5.69. The molecule has 5 nitrogen and oxygen atoms in total. The third-order valence-electron chi connectivity index (χ3n) is 1.76. The molecule has 96 valence electrons. The van der Waals surface area contributed by atoms with Gasteiger partial charge in [0.25, 0.3) is 0 Å². The Labute approximate surface area is 97.0 Å². The zero-order chi connectivity index (χ0) is 12.1. The molecule has 0 saturated carbocycles. The first-order chi connectivity index (χ1) is 7.81. The fourth-order valence-corrected chi connectivity index (χ4v) is 0.998. The lowest BCUT2D eigenvalue weighted by Crippen LogP contribution is -2.10. The Hall–Kier alpha value is -0.650. The molecule has 0 amide bonds. The van der Waals surface area contributed by atoms with Crippen LogP contribution in [0.15, 0.2) is 0 Å². The predicted molar refractivity (Wildman–Crippen MR) is 59.4 cm³/mol. The minimum Gasteiger partial charge on any atom is -0.466 e. The summed E-state index contributed by atoms with van der Waals surface area (Å²) in [7, 11) is 1.64. The minimum atomic E-state index is -0.209. The fourth-order valence-electron chi connectivity index (χ4n) is 0.998. The highest BCUT2D eigenvalue weighted by Gasteiger charge is 2.00. The summed E-state index contributed by atoms with van der Waals surface area (Å²) in [5.41, 5.74) is 0. The van der Waals surface area contributed by atoms with E-state index in [2.05, 4.69) is 0 Å². The molecule has 0 N–H and O–H groups in total. The highest BCUT2D eigenvalue weighted by Crippen LogP contribution is 1.90. The van der Waals surface area contributed by atoms with Crippen molar-refractivity contribution in [1.29, 1.82) is 0 Å². The van der Waals surface area contributed by atoms with Crippen LogP contribution >= 0.6 is 0 Å². The average Bonchev–Trinajstić information content (AvgIpc) is 2.27. The maximum absolute atomic E-state index is 10.9. The lowest BCUT2D eigenvalue weighted by atomic mass is 10.4. The summed E-state index contributed by atoms with van der Waals surface area (Å²) < 4.78 is 20.1. The van der Waals surface area contributed by atoms with Crippen LogP contribution in [0.3, 0.4) is 0 Å². The molecule has 0 aromatic heterocycles. The van der Waals surface area contributed by atoms with Crippen LogP contribution in [0, 0.1) is 0 Å². The number of rotatable bonds is 11. The second-order valence-corrected chi connectivity index (χ2v) is 3.13. The van der Waals surface area contributed by atoms with Gasteiger partial charge in [-0.15, -0.1) is 0 Å². The van der Waals surface area contributed by atoms with Crippen molar-refractivity contribution in [3.63, 3.8) is 0 Å². The summed E-state index contributed by atoms with van der Waals surface area (Å²) in [6.07, 6.45) is 1.14. The van der Waals surface area contributed by atoms with Gasteiger partial charge in [0.2, 0.25) is 0 Å². The first-order valence-corrected chi connectivity index (χ1v) is 5.61. The van der Waals surface area contributed by atoms with Crippen molar-refractivity contribution >= 4 is 5.97 Å². The van der Waals surface area contributed by atoms with E-state index in [1.165, 1.54) is 0 Å². The number of hydrogen-bond donors (Lipinski definition) is 0. The number of carbonyl (C=O) groups excluding carboxylic acids is 1. The molecule has 0 fully saturated rings. The fraction of sp³-hybridized carbons (Fsp3) is 0.909. The van der Waals surface area contributed by atoms with E-state index in [4.69, 9.17) is 18.9 Å². The molecule has 5 heteroatoms. The Morgan fingerprint density at radius 1 is 1.00 bits per heavy atom. The van der Waals surface area contributed by atoms with Gasteiger partial charge in [-0.2, -0.15) is 0 Å². The van der Waals surface area contributed by atoms with E-state index in [0.29, 0.717) is 46.1 Å². The minimum absolute atomic E-state index is 0.209. The lowest BCUT2D eigenvalue weighted by molar-refractivity contribution is -0.144. The van der Waals surface area contributed by atoms with Crippen LogP contribution in [-0.2, 0) is 23.7 Å². The summed E-state index contributed by atoms with van der Waals surface area (Å²) >= 11 is 0. The summed E-state index contributed by atoms with van der Waals surface area (Å²) in [5.74, 6) is -0.209. The molecule has 0 unspecified atom stereocenters. The molecule has 0 aliphatic carbocycles. The molecule has 0 spiro atoms. The Morgan fingerprint density at radius 3 is 2.31 bits per heavy atom. The van der Waals surface area contributed by atoms with Gasteiger partial charge < -0.3 is 18.9 Å². The second-order valence-electron chi connectivity index (χ2n) is 3.13. The van der Waals surface area contributed by atoms with Gasteiger partial charge in [-0.1, -0.05) is 0 Å². The third kappa shape index (κ3) is 11.4. The van der Waals surface area contributed by atoms with Crippen molar-refractivity contribution in [3.8, 4) is 0 Å². The Kier molecular flexibility index (Phi) is 11.9. The molecule has 0 saturated heterocycles. The van der Waals surface area contributed by atoms with Crippen molar-refractivity contribution in [3.05, 3.63) is 0 Å². The van der Waals surface area contributed by atoms with E-state index < -0.39 is 0 Å². The van der Waals surface area contributed by atoms with Crippen LogP contribution in [0.5, 0.6) is 0 Å². The Balaban J connectivity index is 3.01. The van der Waals surface area contributed by atoms with Gasteiger partial charge in [0.15, 0.2) is 0 Å². The van der Waals surface area contributed by atoms with Gasteiger partial charge in [0.05, 0.1) is 32.8 Å². The molecule has 0 heterocycles. The van der Waals surface area contributed by atoms with E-state index in [-0.39, 0.29) is 5.97 Å². The molecular formula is C11H22O5. The van der Waals surface area contributed by atoms with Crippen LogP contribution in [-0.4, -0.2) is 52.7 Å². The van der Waals surface area contributed by atoms with Gasteiger partial charge in [-0.05, 0) is 13.3 Å².